The molecule has 4 rings (SSSR count). The van der Waals surface area contributed by atoms with Crippen molar-refractivity contribution in [3.63, 3.8) is 0 Å². The van der Waals surface area contributed by atoms with E-state index in [-0.39, 0.29) is 17.8 Å². The van der Waals surface area contributed by atoms with E-state index in [1.165, 1.54) is 6.42 Å². The van der Waals surface area contributed by atoms with Gasteiger partial charge >= 0.3 is 5.97 Å². The Labute approximate surface area is 184 Å². The maximum atomic E-state index is 13.4. The third-order valence-electron chi connectivity index (χ3n) is 6.84. The summed E-state index contributed by atoms with van der Waals surface area (Å²) >= 11 is 0. The summed E-state index contributed by atoms with van der Waals surface area (Å²) in [6.07, 6.45) is 3.06. The van der Waals surface area contributed by atoms with Crippen LogP contribution < -0.4 is 0 Å². The quantitative estimate of drug-likeness (QED) is 0.282. The van der Waals surface area contributed by atoms with Crippen molar-refractivity contribution < 1.29 is 9.53 Å². The predicted octanol–water partition coefficient (Wildman–Crippen LogP) is 6.49. The van der Waals surface area contributed by atoms with Gasteiger partial charge in [-0.2, -0.15) is 0 Å². The van der Waals surface area contributed by atoms with Gasteiger partial charge in [-0.1, -0.05) is 57.2 Å². The van der Waals surface area contributed by atoms with Gasteiger partial charge in [0.1, 0.15) is 6.10 Å². The molecule has 0 heterocycles. The molecule has 0 bridgehead atoms. The highest BCUT2D eigenvalue weighted by molar-refractivity contribution is 6.10. The highest BCUT2D eigenvalue weighted by atomic mass is 16.5. The van der Waals surface area contributed by atoms with E-state index in [0.29, 0.717) is 28.9 Å². The lowest BCUT2D eigenvalue weighted by atomic mass is 9.76. The minimum Gasteiger partial charge on any atom is -0.458 e. The van der Waals surface area contributed by atoms with Gasteiger partial charge in [-0.15, -0.1) is 0 Å². The zero-order chi connectivity index (χ0) is 22.1. The van der Waals surface area contributed by atoms with Gasteiger partial charge in [-0.25, -0.2) is 14.9 Å². The maximum absolute atomic E-state index is 13.4. The van der Waals surface area contributed by atoms with E-state index in [1.807, 2.05) is 42.5 Å². The molecule has 0 saturated heterocycles. The first-order valence-corrected chi connectivity index (χ1v) is 10.9. The second-order valence-electron chi connectivity index (χ2n) is 8.96. The summed E-state index contributed by atoms with van der Waals surface area (Å²) in [6.45, 7) is 14.1. The molecule has 0 spiro atoms. The number of hydrogen-bond acceptors (Lipinski definition) is 3. The molecule has 3 atom stereocenters. The highest BCUT2D eigenvalue weighted by Crippen LogP contribution is 2.47. The lowest BCUT2D eigenvalue weighted by Crippen LogP contribution is -2.34. The van der Waals surface area contributed by atoms with E-state index in [1.54, 1.807) is 6.07 Å². The van der Waals surface area contributed by atoms with Crippen LogP contribution in [0.25, 0.3) is 21.5 Å². The number of benzene rings is 2. The van der Waals surface area contributed by atoms with Crippen LogP contribution in [-0.4, -0.2) is 12.1 Å². The van der Waals surface area contributed by atoms with Crippen LogP contribution in [0.4, 0.5) is 0 Å². The Balaban J connectivity index is 1.75. The second kappa shape index (κ2) is 8.40. The number of ether oxygens (including phenoxy) is 1. The van der Waals surface area contributed by atoms with Crippen molar-refractivity contribution in [1.29, 1.82) is 5.26 Å². The second-order valence-corrected chi connectivity index (χ2v) is 8.96. The molecule has 2 aliphatic rings. The van der Waals surface area contributed by atoms with E-state index in [4.69, 9.17) is 11.3 Å². The molecular weight excluding hydrogens is 384 g/mol. The lowest BCUT2D eigenvalue weighted by Gasteiger charge is -2.35. The van der Waals surface area contributed by atoms with Crippen molar-refractivity contribution in [3.8, 4) is 17.2 Å². The van der Waals surface area contributed by atoms with Gasteiger partial charge in [0.05, 0.1) is 18.2 Å². The fourth-order valence-corrected chi connectivity index (χ4v) is 4.96. The number of rotatable bonds is 3. The van der Waals surface area contributed by atoms with Gasteiger partial charge in [-0.05, 0) is 59.8 Å². The molecule has 0 aliphatic heterocycles. The van der Waals surface area contributed by atoms with Crippen LogP contribution in [0, 0.1) is 35.7 Å². The zero-order valence-electron chi connectivity index (χ0n) is 18.2. The molecule has 2 aromatic rings. The average Bonchev–Trinajstić information content (AvgIpc) is 3.11. The molecule has 0 unspecified atom stereocenters. The van der Waals surface area contributed by atoms with Crippen LogP contribution in [-0.2, 0) is 4.74 Å². The zero-order valence-corrected chi connectivity index (χ0v) is 18.2. The fraction of sp³-hybridized carbons (Fsp3) is 0.370. The first kappa shape index (κ1) is 20.9. The van der Waals surface area contributed by atoms with E-state index in [0.717, 1.165) is 35.1 Å². The minimum absolute atomic E-state index is 0.0393. The van der Waals surface area contributed by atoms with Crippen LogP contribution >= 0.6 is 0 Å². The molecule has 31 heavy (non-hydrogen) atoms. The largest absolute Gasteiger partial charge is 0.458 e. The van der Waals surface area contributed by atoms with Gasteiger partial charge in [0, 0.05) is 11.1 Å². The maximum Gasteiger partial charge on any atom is 0.339 e. The topological polar surface area (TPSA) is 54.5 Å². The normalized spacial score (nSPS) is 23.4. The van der Waals surface area contributed by atoms with Crippen LogP contribution in [0.1, 0.15) is 61.5 Å². The molecule has 2 aliphatic carbocycles. The molecule has 0 N–H and O–H groups in total. The molecule has 0 aromatic heterocycles. The average molecular weight is 411 g/mol. The van der Waals surface area contributed by atoms with Gasteiger partial charge in [0.2, 0.25) is 0 Å². The van der Waals surface area contributed by atoms with E-state index in [2.05, 4.69) is 25.6 Å². The van der Waals surface area contributed by atoms with E-state index >= 15 is 0 Å². The summed E-state index contributed by atoms with van der Waals surface area (Å²) < 4.78 is 6.08. The standard InChI is InChI=1S/C27H26N2O2/c1-16(2)18-13-12-17(3)24(14-18)31-27(30)22-11-7-10-21-25(22)19-8-5-6-9-20(19)26(21)23(15-28)29-4/h5-11,16-18,24H,12-14H2,1-3H3/b26-23+/t17-,18-,24-/m1/s1. The number of fused-ring (bicyclic) bond motifs is 3. The molecule has 0 radical (unpaired) electrons. The van der Waals surface area contributed by atoms with Crippen molar-refractivity contribution >= 4 is 11.5 Å². The lowest BCUT2D eigenvalue weighted by molar-refractivity contribution is -0.00943. The number of nitrogens with zero attached hydrogens (tertiary/aromatic N) is 2. The summed E-state index contributed by atoms with van der Waals surface area (Å²) in [6, 6.07) is 15.1. The van der Waals surface area contributed by atoms with Crippen molar-refractivity contribution in [3.05, 3.63) is 76.3 Å². The van der Waals surface area contributed by atoms with Gasteiger partial charge in [0.15, 0.2) is 0 Å². The van der Waals surface area contributed by atoms with Gasteiger partial charge in [0.25, 0.3) is 5.70 Å². The summed E-state index contributed by atoms with van der Waals surface area (Å²) in [7, 11) is 0. The number of carbonyl (C=O) groups is 1. The molecule has 4 nitrogen and oxygen atoms in total. The van der Waals surface area contributed by atoms with E-state index in [9.17, 15) is 10.1 Å². The van der Waals surface area contributed by atoms with Crippen LogP contribution in [0.2, 0.25) is 0 Å². The summed E-state index contributed by atoms with van der Waals surface area (Å²) in [5.74, 6) is 1.16. The molecule has 2 aromatic carbocycles. The van der Waals surface area contributed by atoms with Crippen molar-refractivity contribution in [2.45, 2.75) is 46.1 Å². The summed E-state index contributed by atoms with van der Waals surface area (Å²) in [4.78, 5) is 16.8. The van der Waals surface area contributed by atoms with Crippen molar-refractivity contribution in [2.24, 2.45) is 17.8 Å². The summed E-state index contributed by atoms with van der Waals surface area (Å²) in [5, 5.41) is 9.52. The van der Waals surface area contributed by atoms with Crippen LogP contribution in [0.15, 0.2) is 48.2 Å². The Bertz CT molecular complexity index is 1130. The molecule has 1 saturated carbocycles. The minimum atomic E-state index is -0.324. The van der Waals surface area contributed by atoms with Crippen LogP contribution in [0.5, 0.6) is 0 Å². The molecule has 1 fully saturated rings. The Morgan fingerprint density at radius 3 is 2.52 bits per heavy atom. The third-order valence-corrected chi connectivity index (χ3v) is 6.84. The van der Waals surface area contributed by atoms with Crippen LogP contribution in [0.3, 0.4) is 0 Å². The first-order chi connectivity index (χ1) is 15.0. The van der Waals surface area contributed by atoms with Gasteiger partial charge in [-0.3, -0.25) is 0 Å². The predicted molar refractivity (Wildman–Crippen MR) is 121 cm³/mol. The molecular formula is C27H26N2O2. The fourth-order valence-electron chi connectivity index (χ4n) is 4.96. The number of esters is 1. The van der Waals surface area contributed by atoms with E-state index < -0.39 is 0 Å². The first-order valence-electron chi connectivity index (χ1n) is 10.9. The Morgan fingerprint density at radius 1 is 1.13 bits per heavy atom. The SMILES string of the molecule is [C-]#[N+]/C(C#N)=C1\c2ccccc2-c2c(C(=O)O[C@@H]3C[C@H](C(C)C)CC[C@H]3C)cccc21. The number of allylic oxidation sites excluding steroid dienone is 1. The smallest absolute Gasteiger partial charge is 0.339 e. The Kier molecular flexibility index (Phi) is 5.66. The Morgan fingerprint density at radius 2 is 1.84 bits per heavy atom. The molecule has 4 heteroatoms. The van der Waals surface area contributed by atoms with Crippen molar-refractivity contribution in [1.82, 2.24) is 0 Å². The number of nitriles is 1. The number of carbonyl (C=O) groups excluding carboxylic acids is 1. The third kappa shape index (κ3) is 3.64. The van der Waals surface area contributed by atoms with Crippen molar-refractivity contribution in [2.75, 3.05) is 0 Å². The Hall–Kier alpha value is -3.37. The monoisotopic (exact) mass is 410 g/mol. The van der Waals surface area contributed by atoms with Gasteiger partial charge < -0.3 is 4.74 Å². The molecule has 0 amide bonds. The highest BCUT2D eigenvalue weighted by Gasteiger charge is 2.34. The summed E-state index contributed by atoms with van der Waals surface area (Å²) in [5.41, 5.74) is 4.34. The molecule has 156 valence electrons. The number of hydrogen-bond donors (Lipinski definition) is 0.